The summed E-state index contributed by atoms with van der Waals surface area (Å²) in [6.07, 6.45) is 3.09. The van der Waals surface area contributed by atoms with Gasteiger partial charge in [0.15, 0.2) is 5.13 Å². The number of nitrogens with one attached hydrogen (secondary N) is 1. The lowest BCUT2D eigenvalue weighted by Gasteiger charge is -1.98. The van der Waals surface area contributed by atoms with Crippen LogP contribution in [-0.2, 0) is 4.79 Å². The van der Waals surface area contributed by atoms with Crippen LogP contribution in [0.5, 0.6) is 0 Å². The summed E-state index contributed by atoms with van der Waals surface area (Å²) in [6.45, 7) is 1.87. The number of benzene rings is 1. The van der Waals surface area contributed by atoms with Crippen LogP contribution in [0.2, 0.25) is 10.0 Å². The van der Waals surface area contributed by atoms with E-state index in [1.807, 2.05) is 12.3 Å². The Hall–Kier alpha value is -1.36. The second-order valence-electron chi connectivity index (χ2n) is 3.79. The van der Waals surface area contributed by atoms with Gasteiger partial charge in [-0.3, -0.25) is 10.1 Å². The first-order chi connectivity index (χ1) is 9.04. The lowest BCUT2D eigenvalue weighted by atomic mass is 10.2. The molecular formula is C13H10Cl2N2OS. The van der Waals surface area contributed by atoms with Crippen molar-refractivity contribution in [3.8, 4) is 0 Å². The van der Waals surface area contributed by atoms with Gasteiger partial charge in [-0.15, -0.1) is 11.3 Å². The van der Waals surface area contributed by atoms with E-state index in [0.29, 0.717) is 15.2 Å². The Labute approximate surface area is 124 Å². The third kappa shape index (κ3) is 4.06. The Balaban J connectivity index is 2.01. The summed E-state index contributed by atoms with van der Waals surface area (Å²) in [4.78, 5) is 15.8. The number of rotatable bonds is 3. The highest BCUT2D eigenvalue weighted by atomic mass is 35.5. The minimum atomic E-state index is -0.236. The van der Waals surface area contributed by atoms with Crippen molar-refractivity contribution in [1.82, 2.24) is 4.98 Å². The zero-order chi connectivity index (χ0) is 13.8. The molecule has 1 amide bonds. The number of aromatic nitrogens is 1. The normalized spacial score (nSPS) is 10.9. The third-order valence-corrected chi connectivity index (χ3v) is 3.83. The van der Waals surface area contributed by atoms with Crippen LogP contribution >= 0.6 is 34.5 Å². The van der Waals surface area contributed by atoms with Crippen molar-refractivity contribution in [1.29, 1.82) is 0 Å². The van der Waals surface area contributed by atoms with Crippen LogP contribution in [0.3, 0.4) is 0 Å². The van der Waals surface area contributed by atoms with Crippen LogP contribution < -0.4 is 5.32 Å². The second kappa shape index (κ2) is 6.19. The molecule has 2 aromatic rings. The summed E-state index contributed by atoms with van der Waals surface area (Å²) < 4.78 is 0. The summed E-state index contributed by atoms with van der Waals surface area (Å²) in [5.74, 6) is -0.236. The number of halogens is 2. The van der Waals surface area contributed by atoms with Gasteiger partial charge in [0.2, 0.25) is 5.91 Å². The molecule has 19 heavy (non-hydrogen) atoms. The van der Waals surface area contributed by atoms with E-state index in [1.165, 1.54) is 17.4 Å². The maximum atomic E-state index is 11.7. The number of carbonyl (C=O) groups is 1. The van der Waals surface area contributed by atoms with E-state index in [2.05, 4.69) is 10.3 Å². The summed E-state index contributed by atoms with van der Waals surface area (Å²) in [7, 11) is 0. The Morgan fingerprint density at radius 1 is 1.37 bits per heavy atom. The standard InChI is InChI=1S/C13H10Cl2N2OS/c1-8-7-19-13(16-8)17-12(18)5-3-9-2-4-10(14)11(15)6-9/h2-7H,1H3,(H,16,17,18). The van der Waals surface area contributed by atoms with Gasteiger partial charge >= 0.3 is 0 Å². The SMILES string of the molecule is Cc1csc(NC(=O)C=Cc2ccc(Cl)c(Cl)c2)n1. The number of aryl methyl sites for hydroxylation is 1. The van der Waals surface area contributed by atoms with Crippen LogP contribution in [0.4, 0.5) is 5.13 Å². The minimum Gasteiger partial charge on any atom is -0.298 e. The van der Waals surface area contributed by atoms with Crippen molar-refractivity contribution >= 4 is 51.7 Å². The van der Waals surface area contributed by atoms with Crippen molar-refractivity contribution < 1.29 is 4.79 Å². The number of amides is 1. The summed E-state index contributed by atoms with van der Waals surface area (Å²) in [5.41, 5.74) is 1.69. The van der Waals surface area contributed by atoms with Gasteiger partial charge < -0.3 is 0 Å². The van der Waals surface area contributed by atoms with E-state index in [0.717, 1.165) is 11.3 Å². The van der Waals surface area contributed by atoms with Gasteiger partial charge in [0.05, 0.1) is 15.7 Å². The van der Waals surface area contributed by atoms with E-state index in [1.54, 1.807) is 24.3 Å². The lowest BCUT2D eigenvalue weighted by molar-refractivity contribution is -0.111. The zero-order valence-electron chi connectivity index (χ0n) is 9.98. The van der Waals surface area contributed by atoms with Gasteiger partial charge in [-0.05, 0) is 30.7 Å². The molecule has 0 aliphatic heterocycles. The molecule has 1 heterocycles. The molecule has 0 unspecified atom stereocenters. The largest absolute Gasteiger partial charge is 0.298 e. The van der Waals surface area contributed by atoms with Gasteiger partial charge in [-0.1, -0.05) is 29.3 Å². The van der Waals surface area contributed by atoms with E-state index >= 15 is 0 Å². The topological polar surface area (TPSA) is 42.0 Å². The number of thiazole rings is 1. The van der Waals surface area contributed by atoms with E-state index < -0.39 is 0 Å². The number of carbonyl (C=O) groups excluding carboxylic acids is 1. The van der Waals surface area contributed by atoms with E-state index in [-0.39, 0.29) is 5.91 Å². The minimum absolute atomic E-state index is 0.236. The maximum Gasteiger partial charge on any atom is 0.250 e. The van der Waals surface area contributed by atoms with Crippen molar-refractivity contribution in [2.45, 2.75) is 6.92 Å². The highest BCUT2D eigenvalue weighted by Gasteiger charge is 2.02. The second-order valence-corrected chi connectivity index (χ2v) is 5.46. The first kappa shape index (κ1) is 14.1. The number of nitrogens with zero attached hydrogens (tertiary/aromatic N) is 1. The number of anilines is 1. The van der Waals surface area contributed by atoms with Crippen LogP contribution in [0.15, 0.2) is 29.7 Å². The third-order valence-electron chi connectivity index (χ3n) is 2.22. The Bertz CT molecular complexity index is 637. The molecule has 0 aliphatic carbocycles. The molecule has 0 bridgehead atoms. The molecule has 3 nitrogen and oxygen atoms in total. The fourth-order valence-electron chi connectivity index (χ4n) is 1.35. The average Bonchev–Trinajstić information content (AvgIpc) is 2.76. The highest BCUT2D eigenvalue weighted by molar-refractivity contribution is 7.13. The molecule has 98 valence electrons. The summed E-state index contributed by atoms with van der Waals surface area (Å²) in [6, 6.07) is 5.17. The fourth-order valence-corrected chi connectivity index (χ4v) is 2.34. The molecule has 0 atom stereocenters. The zero-order valence-corrected chi connectivity index (χ0v) is 12.3. The Kier molecular flexibility index (Phi) is 4.58. The molecular weight excluding hydrogens is 303 g/mol. The maximum absolute atomic E-state index is 11.7. The van der Waals surface area contributed by atoms with Crippen LogP contribution in [0, 0.1) is 6.92 Å². The highest BCUT2D eigenvalue weighted by Crippen LogP contribution is 2.23. The first-order valence-electron chi connectivity index (χ1n) is 5.41. The van der Waals surface area contributed by atoms with E-state index in [4.69, 9.17) is 23.2 Å². The van der Waals surface area contributed by atoms with Crippen LogP contribution in [0.25, 0.3) is 6.08 Å². The molecule has 1 aromatic heterocycles. The van der Waals surface area contributed by atoms with Crippen LogP contribution in [0.1, 0.15) is 11.3 Å². The molecule has 0 radical (unpaired) electrons. The summed E-state index contributed by atoms with van der Waals surface area (Å²) in [5, 5.41) is 6.09. The van der Waals surface area contributed by atoms with Crippen molar-refractivity contribution in [3.63, 3.8) is 0 Å². The van der Waals surface area contributed by atoms with Gasteiger partial charge in [-0.25, -0.2) is 4.98 Å². The summed E-state index contributed by atoms with van der Waals surface area (Å²) >= 11 is 13.1. The Morgan fingerprint density at radius 3 is 2.79 bits per heavy atom. The number of hydrogen-bond donors (Lipinski definition) is 1. The predicted molar refractivity (Wildman–Crippen MR) is 81.0 cm³/mol. The number of hydrogen-bond acceptors (Lipinski definition) is 3. The first-order valence-corrected chi connectivity index (χ1v) is 7.04. The Morgan fingerprint density at radius 2 is 2.16 bits per heavy atom. The lowest BCUT2D eigenvalue weighted by Crippen LogP contribution is -2.07. The van der Waals surface area contributed by atoms with Crippen molar-refractivity contribution in [2.24, 2.45) is 0 Å². The molecule has 2 rings (SSSR count). The van der Waals surface area contributed by atoms with Gasteiger partial charge in [0, 0.05) is 11.5 Å². The van der Waals surface area contributed by atoms with Gasteiger partial charge in [-0.2, -0.15) is 0 Å². The fraction of sp³-hybridized carbons (Fsp3) is 0.0769. The van der Waals surface area contributed by atoms with Crippen molar-refractivity contribution in [3.05, 3.63) is 51.0 Å². The molecule has 0 fully saturated rings. The van der Waals surface area contributed by atoms with Gasteiger partial charge in [0.25, 0.3) is 0 Å². The molecule has 0 saturated heterocycles. The molecule has 0 spiro atoms. The molecule has 0 saturated carbocycles. The molecule has 6 heteroatoms. The quantitative estimate of drug-likeness (QED) is 0.853. The smallest absolute Gasteiger partial charge is 0.250 e. The molecule has 0 aliphatic rings. The monoisotopic (exact) mass is 312 g/mol. The van der Waals surface area contributed by atoms with E-state index in [9.17, 15) is 4.79 Å². The molecule has 1 aromatic carbocycles. The van der Waals surface area contributed by atoms with Gasteiger partial charge in [0.1, 0.15) is 0 Å². The molecule has 1 N–H and O–H groups in total. The average molecular weight is 313 g/mol. The predicted octanol–water partition coefficient (Wildman–Crippen LogP) is 4.41. The van der Waals surface area contributed by atoms with Crippen molar-refractivity contribution in [2.75, 3.05) is 5.32 Å². The van der Waals surface area contributed by atoms with Crippen LogP contribution in [-0.4, -0.2) is 10.9 Å².